The number of nitrogens with zero attached hydrogens (tertiary/aromatic N) is 1. The number of aromatic nitrogens is 1. The molecule has 130 valence electrons. The van der Waals surface area contributed by atoms with Gasteiger partial charge in [-0.1, -0.05) is 6.07 Å². The number of amides is 1. The molecule has 1 saturated heterocycles. The first-order valence-corrected chi connectivity index (χ1v) is 8.13. The first kappa shape index (κ1) is 18.6. The second kappa shape index (κ2) is 7.04. The van der Waals surface area contributed by atoms with Crippen LogP contribution in [0.25, 0.3) is 0 Å². The second-order valence-electron chi connectivity index (χ2n) is 6.34. The highest BCUT2D eigenvalue weighted by Crippen LogP contribution is 2.36. The van der Waals surface area contributed by atoms with E-state index in [1.165, 1.54) is 0 Å². The summed E-state index contributed by atoms with van der Waals surface area (Å²) in [5.41, 5.74) is -0.259. The number of alkyl carbamates (subject to hydrolysis) is 1. The molecule has 2 N–H and O–H groups in total. The van der Waals surface area contributed by atoms with Gasteiger partial charge in [-0.15, -0.1) is 0 Å². The monoisotopic (exact) mass is 351 g/mol. The Hall–Kier alpha value is -1.71. The van der Waals surface area contributed by atoms with Crippen molar-refractivity contribution in [2.45, 2.75) is 45.8 Å². The van der Waals surface area contributed by atoms with Crippen molar-refractivity contribution >= 4 is 42.0 Å². The molecule has 1 amide bonds. The lowest BCUT2D eigenvalue weighted by Crippen LogP contribution is -2.41. The quantitative estimate of drug-likeness (QED) is 0.635. The number of ether oxygens (including phenoxy) is 1. The molecule has 0 aromatic carbocycles. The summed E-state index contributed by atoms with van der Waals surface area (Å²) in [5.74, 6) is 0.476. The summed E-state index contributed by atoms with van der Waals surface area (Å²) in [7, 11) is -0.566. The molecule has 0 aliphatic carbocycles. The molecule has 0 unspecified atom stereocenters. The summed E-state index contributed by atoms with van der Waals surface area (Å²) in [6.45, 7) is 9.90. The Morgan fingerprint density at radius 2 is 1.92 bits per heavy atom. The van der Waals surface area contributed by atoms with Crippen LogP contribution in [0.15, 0.2) is 18.2 Å². The number of carbonyl (C=O) groups excluding carboxylic acids is 1. The summed E-state index contributed by atoms with van der Waals surface area (Å²) in [5, 5.41) is 5.34. The van der Waals surface area contributed by atoms with Crippen molar-refractivity contribution in [3.8, 4) is 0 Å². The fraction of sp³-hybridized carbons (Fsp3) is 0.533. The number of hydrogen-bond donors (Lipinski definition) is 2. The third kappa shape index (κ3) is 4.22. The lowest BCUT2D eigenvalue weighted by atomic mass is 9.84. The standard InChI is InChI=1S/C15H22BN3O4S/c1-6-21-13(20)19-12(24)18-11-9-7-8-10(17-11)16-22-14(2,3)15(4,5)23-16/h7-9H,6H2,1-5H3,(H2,17,18,19,20,24). The molecular weight excluding hydrogens is 329 g/mol. The van der Waals surface area contributed by atoms with Crippen LogP contribution in [0.1, 0.15) is 34.6 Å². The van der Waals surface area contributed by atoms with Gasteiger partial charge in [-0.2, -0.15) is 0 Å². The van der Waals surface area contributed by atoms with Crippen LogP contribution < -0.4 is 16.2 Å². The minimum atomic E-state index is -0.614. The normalized spacial score (nSPS) is 18.1. The van der Waals surface area contributed by atoms with Gasteiger partial charge >= 0.3 is 13.2 Å². The fourth-order valence-corrected chi connectivity index (χ4v) is 2.21. The lowest BCUT2D eigenvalue weighted by Gasteiger charge is -2.32. The highest BCUT2D eigenvalue weighted by Gasteiger charge is 2.52. The zero-order valence-electron chi connectivity index (χ0n) is 14.5. The van der Waals surface area contributed by atoms with Crippen molar-refractivity contribution in [2.24, 2.45) is 0 Å². The molecule has 1 aliphatic heterocycles. The lowest BCUT2D eigenvalue weighted by molar-refractivity contribution is 0.00578. The van der Waals surface area contributed by atoms with Gasteiger partial charge in [0.15, 0.2) is 5.11 Å². The number of hydrogen-bond acceptors (Lipinski definition) is 6. The zero-order valence-corrected chi connectivity index (χ0v) is 15.3. The first-order chi connectivity index (χ1) is 11.1. The Labute approximate surface area is 147 Å². The van der Waals surface area contributed by atoms with Crippen LogP contribution in [0.3, 0.4) is 0 Å². The van der Waals surface area contributed by atoms with Crippen molar-refractivity contribution in [3.63, 3.8) is 0 Å². The van der Waals surface area contributed by atoms with Gasteiger partial charge in [0.05, 0.1) is 23.4 Å². The summed E-state index contributed by atoms with van der Waals surface area (Å²) < 4.78 is 16.7. The van der Waals surface area contributed by atoms with Crippen molar-refractivity contribution in [1.29, 1.82) is 0 Å². The van der Waals surface area contributed by atoms with Gasteiger partial charge in [-0.3, -0.25) is 5.32 Å². The Balaban J connectivity index is 2.05. The smallest absolute Gasteiger partial charge is 0.450 e. The molecule has 0 bridgehead atoms. The van der Waals surface area contributed by atoms with Crippen molar-refractivity contribution < 1.29 is 18.8 Å². The van der Waals surface area contributed by atoms with E-state index in [1.807, 2.05) is 39.8 Å². The van der Waals surface area contributed by atoms with Crippen LogP contribution in [0.5, 0.6) is 0 Å². The van der Waals surface area contributed by atoms with Crippen molar-refractivity contribution in [2.75, 3.05) is 11.9 Å². The fourth-order valence-electron chi connectivity index (χ4n) is 2.02. The summed E-state index contributed by atoms with van der Waals surface area (Å²) in [4.78, 5) is 15.8. The van der Waals surface area contributed by atoms with E-state index in [0.717, 1.165) is 0 Å². The highest BCUT2D eigenvalue weighted by atomic mass is 32.1. The maximum absolute atomic E-state index is 11.3. The third-order valence-corrected chi connectivity index (χ3v) is 4.20. The van der Waals surface area contributed by atoms with Crippen LogP contribution in [0.4, 0.5) is 10.6 Å². The zero-order chi connectivity index (χ0) is 18.0. The van der Waals surface area contributed by atoms with Gasteiger partial charge in [0.25, 0.3) is 0 Å². The van der Waals surface area contributed by atoms with Gasteiger partial charge in [0, 0.05) is 0 Å². The van der Waals surface area contributed by atoms with E-state index in [9.17, 15) is 4.79 Å². The number of pyridine rings is 1. The highest BCUT2D eigenvalue weighted by molar-refractivity contribution is 7.80. The molecule has 0 saturated carbocycles. The van der Waals surface area contributed by atoms with Crippen LogP contribution in [0, 0.1) is 0 Å². The molecule has 0 spiro atoms. The molecule has 0 atom stereocenters. The second-order valence-corrected chi connectivity index (χ2v) is 6.74. The molecule has 1 aliphatic rings. The van der Waals surface area contributed by atoms with Gasteiger partial charge in [-0.05, 0) is 59.0 Å². The van der Waals surface area contributed by atoms with Crippen molar-refractivity contribution in [1.82, 2.24) is 10.3 Å². The largest absolute Gasteiger partial charge is 0.514 e. The van der Waals surface area contributed by atoms with E-state index in [1.54, 1.807) is 13.0 Å². The minimum absolute atomic E-state index is 0.104. The topological polar surface area (TPSA) is 81.7 Å². The van der Waals surface area contributed by atoms with E-state index in [2.05, 4.69) is 15.6 Å². The van der Waals surface area contributed by atoms with Crippen LogP contribution in [-0.4, -0.2) is 41.1 Å². The molecule has 7 nitrogen and oxygen atoms in total. The maximum Gasteiger partial charge on any atom is 0.514 e. The molecule has 24 heavy (non-hydrogen) atoms. The number of rotatable bonds is 3. The van der Waals surface area contributed by atoms with Crippen LogP contribution >= 0.6 is 12.2 Å². The predicted molar refractivity (Wildman–Crippen MR) is 96.3 cm³/mol. The Morgan fingerprint density at radius 3 is 2.50 bits per heavy atom. The van der Waals surface area contributed by atoms with E-state index in [4.69, 9.17) is 26.3 Å². The van der Waals surface area contributed by atoms with Crippen LogP contribution in [-0.2, 0) is 14.0 Å². The molecule has 1 aromatic rings. The third-order valence-electron chi connectivity index (χ3n) is 4.00. The van der Waals surface area contributed by atoms with Gasteiger partial charge < -0.3 is 19.4 Å². The first-order valence-electron chi connectivity index (χ1n) is 7.72. The van der Waals surface area contributed by atoms with E-state index in [0.29, 0.717) is 11.4 Å². The van der Waals surface area contributed by atoms with E-state index < -0.39 is 24.4 Å². The molecule has 0 radical (unpaired) electrons. The average Bonchev–Trinajstić information content (AvgIpc) is 2.67. The van der Waals surface area contributed by atoms with Gasteiger partial charge in [0.2, 0.25) is 0 Å². The summed E-state index contributed by atoms with van der Waals surface area (Å²) in [6, 6.07) is 5.35. The Bertz CT molecular complexity index is 623. The van der Waals surface area contributed by atoms with E-state index in [-0.39, 0.29) is 11.7 Å². The molecule has 1 fully saturated rings. The number of nitrogens with one attached hydrogen (secondary N) is 2. The molecule has 2 heterocycles. The number of thiocarbonyl (C=S) groups is 1. The number of anilines is 1. The van der Waals surface area contributed by atoms with Crippen molar-refractivity contribution in [3.05, 3.63) is 18.2 Å². The Kier molecular flexibility index (Phi) is 5.47. The van der Waals surface area contributed by atoms with Gasteiger partial charge in [0.1, 0.15) is 5.82 Å². The van der Waals surface area contributed by atoms with Gasteiger partial charge in [-0.25, -0.2) is 9.78 Å². The Morgan fingerprint density at radius 1 is 1.29 bits per heavy atom. The summed E-state index contributed by atoms with van der Waals surface area (Å²) in [6.07, 6.45) is -0.614. The minimum Gasteiger partial charge on any atom is -0.450 e. The maximum atomic E-state index is 11.3. The molecular formula is C15H22BN3O4S. The SMILES string of the molecule is CCOC(=O)NC(=S)Nc1cccc(B2OC(C)(C)C(C)(C)O2)n1. The molecule has 9 heteroatoms. The van der Waals surface area contributed by atoms with Crippen LogP contribution in [0.2, 0.25) is 0 Å². The predicted octanol–water partition coefficient (Wildman–Crippen LogP) is 1.82. The number of carbonyl (C=O) groups is 1. The van der Waals surface area contributed by atoms with E-state index >= 15 is 0 Å². The molecule has 1 aromatic heterocycles. The molecule has 2 rings (SSSR count). The summed E-state index contributed by atoms with van der Waals surface area (Å²) >= 11 is 5.05. The average molecular weight is 351 g/mol.